The molecule has 0 aliphatic carbocycles. The second kappa shape index (κ2) is 10.3. The Kier molecular flexibility index (Phi) is 7.02. The Morgan fingerprint density at radius 3 is 2.62 bits per heavy atom. The van der Waals surface area contributed by atoms with E-state index in [1.165, 1.54) is 17.0 Å². The third-order valence-corrected chi connectivity index (χ3v) is 7.36. The van der Waals surface area contributed by atoms with E-state index in [1.807, 2.05) is 6.92 Å². The van der Waals surface area contributed by atoms with Crippen LogP contribution in [0.25, 0.3) is 0 Å². The summed E-state index contributed by atoms with van der Waals surface area (Å²) in [4.78, 5) is 38.7. The van der Waals surface area contributed by atoms with Crippen molar-refractivity contribution in [2.45, 2.75) is 38.4 Å². The van der Waals surface area contributed by atoms with Gasteiger partial charge in [0.2, 0.25) is 5.70 Å². The highest BCUT2D eigenvalue weighted by Gasteiger charge is 2.46. The molecule has 2 aromatic rings. The molecule has 10 nitrogen and oxygen atoms in total. The number of hydrogen-bond donors (Lipinski definition) is 2. The lowest BCUT2D eigenvalue weighted by Crippen LogP contribution is -2.53. The van der Waals surface area contributed by atoms with E-state index in [0.29, 0.717) is 35.6 Å². The highest BCUT2D eigenvalue weighted by atomic mass is 19.4. The lowest BCUT2D eigenvalue weighted by molar-refractivity contribution is -0.750. The van der Waals surface area contributed by atoms with Crippen molar-refractivity contribution in [3.63, 3.8) is 0 Å². The van der Waals surface area contributed by atoms with Crippen molar-refractivity contribution in [1.82, 2.24) is 9.88 Å². The number of nitrogens with two attached hydrogens (primary N) is 1. The molecule has 1 fully saturated rings. The number of aliphatic imine (C=N–C) groups is 2. The van der Waals surface area contributed by atoms with E-state index in [1.54, 1.807) is 30.7 Å². The minimum absolute atomic E-state index is 0.112. The lowest BCUT2D eigenvalue weighted by atomic mass is 9.89. The van der Waals surface area contributed by atoms with Crippen LogP contribution in [0.3, 0.4) is 0 Å². The molecule has 0 spiro atoms. The van der Waals surface area contributed by atoms with E-state index in [9.17, 15) is 27.9 Å². The molecule has 208 valence electrons. The smallest absolute Gasteiger partial charge is 0.416 e. The predicted molar refractivity (Wildman–Crippen MR) is 138 cm³/mol. The number of piperidine rings is 1. The van der Waals surface area contributed by atoms with E-state index in [0.717, 1.165) is 24.8 Å². The van der Waals surface area contributed by atoms with Crippen molar-refractivity contribution in [3.05, 3.63) is 83.1 Å². The van der Waals surface area contributed by atoms with Crippen LogP contribution in [-0.4, -0.2) is 51.1 Å². The van der Waals surface area contributed by atoms with Crippen molar-refractivity contribution < 1.29 is 32.5 Å². The number of amides is 2. The van der Waals surface area contributed by atoms with Crippen LogP contribution in [0.1, 0.15) is 47.7 Å². The standard InChI is InChI=1S/C27H26F3N7O3/c1-2-20-8-7-18(15-36(20)26(39)40)23-21-14-32-11-12-37(21,31)24(35-23)16-3-5-17(6-4-16)25(38)34-22-13-19(9-10-33-22)27(28,29)30/h3-6,9-14,18,20H,2,7-8,15,31H2,1H3,(H-,33,34,38,39,40). The van der Waals surface area contributed by atoms with E-state index in [2.05, 4.69) is 15.3 Å². The lowest BCUT2D eigenvalue weighted by Gasteiger charge is -2.41. The number of allylic oxidation sites excluding steroid dienone is 1. The van der Waals surface area contributed by atoms with E-state index in [-0.39, 0.29) is 34.5 Å². The molecule has 1 saturated heterocycles. The first-order valence-electron chi connectivity index (χ1n) is 12.7. The van der Waals surface area contributed by atoms with Crippen LogP contribution < -0.4 is 16.3 Å². The topological polar surface area (TPSA) is 136 Å². The number of likely N-dealkylation sites (tertiary alicyclic amines) is 1. The minimum atomic E-state index is -4.56. The number of anilines is 1. The summed E-state index contributed by atoms with van der Waals surface area (Å²) in [5, 5.41) is 14.2. The van der Waals surface area contributed by atoms with Gasteiger partial charge in [0.05, 0.1) is 23.5 Å². The number of fused-ring (bicyclic) bond motifs is 1. The van der Waals surface area contributed by atoms with Crippen LogP contribution in [-0.2, 0) is 6.18 Å². The number of halogens is 3. The first kappa shape index (κ1) is 27.2. The molecule has 3 unspecified atom stereocenters. The maximum atomic E-state index is 13.0. The molecule has 1 aromatic heterocycles. The fraction of sp³-hybridized carbons (Fsp3) is 0.296. The number of amidine groups is 1. The van der Waals surface area contributed by atoms with Gasteiger partial charge in [-0.05, 0) is 55.7 Å². The summed E-state index contributed by atoms with van der Waals surface area (Å²) in [6.07, 6.45) is 2.09. The van der Waals surface area contributed by atoms with Gasteiger partial charge in [0.25, 0.3) is 11.7 Å². The van der Waals surface area contributed by atoms with E-state index >= 15 is 0 Å². The Hall–Kier alpha value is -4.36. The van der Waals surface area contributed by atoms with Crippen molar-refractivity contribution >= 4 is 29.9 Å². The average molecular weight is 554 g/mol. The molecule has 3 N–H and O–H groups in total. The number of pyridine rings is 1. The number of carbonyl (C=O) groups excluding carboxylic acids is 2. The number of carboxylic acid groups (broad SMARTS) is 1. The number of alkyl halides is 3. The summed E-state index contributed by atoms with van der Waals surface area (Å²) >= 11 is 0. The van der Waals surface area contributed by atoms with Gasteiger partial charge in [-0.15, -0.1) is 4.59 Å². The zero-order valence-electron chi connectivity index (χ0n) is 21.4. The minimum Gasteiger partial charge on any atom is -0.530 e. The van der Waals surface area contributed by atoms with Gasteiger partial charge >= 0.3 is 6.18 Å². The molecule has 4 heterocycles. The number of nitrogens with one attached hydrogen (secondary N) is 1. The molecule has 13 heteroatoms. The van der Waals surface area contributed by atoms with Gasteiger partial charge in [-0.2, -0.15) is 24.0 Å². The first-order valence-corrected chi connectivity index (χ1v) is 12.7. The maximum Gasteiger partial charge on any atom is 0.416 e. The Morgan fingerprint density at radius 2 is 1.95 bits per heavy atom. The number of carbonyl (C=O) groups is 2. The van der Waals surface area contributed by atoms with Gasteiger partial charge in [-0.1, -0.05) is 6.92 Å². The largest absolute Gasteiger partial charge is 0.530 e. The fourth-order valence-corrected chi connectivity index (χ4v) is 5.24. The molecule has 5 rings (SSSR count). The molecule has 2 amide bonds. The maximum absolute atomic E-state index is 13.0. The summed E-state index contributed by atoms with van der Waals surface area (Å²) in [5.41, 5.74) is 1.13. The van der Waals surface area contributed by atoms with Crippen molar-refractivity contribution in [2.75, 3.05) is 11.9 Å². The molecule has 40 heavy (non-hydrogen) atoms. The van der Waals surface area contributed by atoms with Gasteiger partial charge in [0.1, 0.15) is 23.8 Å². The van der Waals surface area contributed by atoms with E-state index in [4.69, 9.17) is 10.8 Å². The van der Waals surface area contributed by atoms with Crippen molar-refractivity contribution in [2.24, 2.45) is 21.7 Å². The third-order valence-electron chi connectivity index (χ3n) is 7.36. The summed E-state index contributed by atoms with van der Waals surface area (Å²) in [6, 6.07) is 7.77. The van der Waals surface area contributed by atoms with E-state index < -0.39 is 23.7 Å². The summed E-state index contributed by atoms with van der Waals surface area (Å²) < 4.78 is 38.7. The molecule has 3 aliphatic rings. The number of rotatable bonds is 5. The fourth-order valence-electron chi connectivity index (χ4n) is 5.24. The summed E-state index contributed by atoms with van der Waals surface area (Å²) in [5.74, 6) is 6.17. The van der Waals surface area contributed by atoms with Gasteiger partial charge < -0.3 is 20.1 Å². The summed E-state index contributed by atoms with van der Waals surface area (Å²) in [7, 11) is 0. The number of nitrogens with zero attached hydrogens (tertiary/aromatic N) is 5. The number of hydrogen-bond acceptors (Lipinski definition) is 7. The molecular weight excluding hydrogens is 527 g/mol. The Bertz CT molecular complexity index is 1470. The highest BCUT2D eigenvalue weighted by Crippen LogP contribution is 2.38. The number of benzene rings is 1. The van der Waals surface area contributed by atoms with Crippen molar-refractivity contribution in [3.8, 4) is 0 Å². The Labute approximate surface area is 227 Å². The van der Waals surface area contributed by atoms with Crippen LogP contribution in [0.5, 0.6) is 0 Å². The zero-order chi connectivity index (χ0) is 28.7. The average Bonchev–Trinajstić information content (AvgIpc) is 3.25. The highest BCUT2D eigenvalue weighted by molar-refractivity contribution is 6.05. The Morgan fingerprint density at radius 1 is 1.20 bits per heavy atom. The molecule has 3 aliphatic heterocycles. The van der Waals surface area contributed by atoms with Gasteiger partial charge in [-0.25, -0.2) is 4.98 Å². The zero-order valence-corrected chi connectivity index (χ0v) is 21.4. The second-order valence-electron chi connectivity index (χ2n) is 9.77. The Balaban J connectivity index is 1.39. The molecule has 0 saturated carbocycles. The molecular formula is C27H26F3N7O3. The van der Waals surface area contributed by atoms with Gasteiger partial charge in [0.15, 0.2) is 0 Å². The monoisotopic (exact) mass is 553 g/mol. The first-order chi connectivity index (χ1) is 19.0. The van der Waals surface area contributed by atoms with Crippen LogP contribution in [0, 0.1) is 5.92 Å². The molecule has 0 bridgehead atoms. The van der Waals surface area contributed by atoms with Crippen LogP contribution >= 0.6 is 0 Å². The number of aromatic nitrogens is 1. The predicted octanol–water partition coefficient (Wildman–Crippen LogP) is 3.40. The van der Waals surface area contributed by atoms with Crippen LogP contribution in [0.15, 0.2) is 76.4 Å². The van der Waals surface area contributed by atoms with Gasteiger partial charge in [0, 0.05) is 30.3 Å². The van der Waals surface area contributed by atoms with Crippen LogP contribution in [0.4, 0.5) is 23.8 Å². The molecule has 1 aromatic carbocycles. The number of quaternary nitrogens is 1. The third kappa shape index (κ3) is 5.00. The normalized spacial score (nSPS) is 24.1. The van der Waals surface area contributed by atoms with Crippen molar-refractivity contribution in [1.29, 1.82) is 0 Å². The molecule has 3 atom stereocenters. The van der Waals surface area contributed by atoms with Gasteiger partial charge in [-0.3, -0.25) is 9.79 Å². The summed E-state index contributed by atoms with van der Waals surface area (Å²) in [6.45, 7) is 2.17. The molecule has 0 radical (unpaired) electrons. The SMILES string of the molecule is CCC1CCC(C2=C3C=NC=C[N+]3(N)C(c3ccc(C(=O)Nc4cc(C(F)(F)F)ccn4)cc3)=N2)CN1C(=O)[O-]. The quantitative estimate of drug-likeness (QED) is 0.432. The second-order valence-corrected chi connectivity index (χ2v) is 9.77. The van der Waals surface area contributed by atoms with Crippen LogP contribution in [0.2, 0.25) is 0 Å².